The third-order valence-corrected chi connectivity index (χ3v) is 6.12. The molecule has 0 amide bonds. The zero-order valence-corrected chi connectivity index (χ0v) is 16.4. The zero-order valence-electron chi connectivity index (χ0n) is 14.9. The summed E-state index contributed by atoms with van der Waals surface area (Å²) in [4.78, 5) is 9.51. The molecule has 3 rings (SSSR count). The maximum absolute atomic E-state index is 9.50. The molecule has 0 fully saturated rings. The Kier molecular flexibility index (Phi) is 5.96. The molecule has 0 saturated carbocycles. The average Bonchev–Trinajstić information content (AvgIpc) is 3.03. The minimum absolute atomic E-state index is 0.143. The molecule has 0 radical (unpaired) electrons. The topological polar surface area (TPSA) is 84.1 Å². The quantitative estimate of drug-likeness (QED) is 0.511. The smallest absolute Gasteiger partial charge is 0.223 e. The Balaban J connectivity index is 1.95. The average molecular weight is 391 g/mol. The van der Waals surface area contributed by atoms with Gasteiger partial charge in [0.05, 0.1) is 5.56 Å². The van der Waals surface area contributed by atoms with Gasteiger partial charge in [-0.1, -0.05) is 50.1 Å². The van der Waals surface area contributed by atoms with E-state index in [2.05, 4.69) is 47.3 Å². The minimum atomic E-state index is 0.143. The Hall–Kier alpha value is -1.89. The molecule has 0 saturated heterocycles. The molecule has 3 aromatic rings. The van der Waals surface area contributed by atoms with Crippen molar-refractivity contribution in [3.8, 4) is 10.4 Å². The second kappa shape index (κ2) is 8.20. The summed E-state index contributed by atoms with van der Waals surface area (Å²) in [6.07, 6.45) is 0.926. The normalized spacial score (nSPS) is 13.7. The fourth-order valence-electron chi connectivity index (χ4n) is 3.04. The van der Waals surface area contributed by atoms with E-state index >= 15 is 0 Å². The number of thiophene rings is 1. The van der Waals surface area contributed by atoms with Crippen molar-refractivity contribution < 1.29 is 5.11 Å². The molecule has 2 atom stereocenters. The van der Waals surface area contributed by atoms with E-state index in [1.54, 1.807) is 11.3 Å². The van der Waals surface area contributed by atoms with Crippen LogP contribution < -0.4 is 11.1 Å². The number of nitrogens with one attached hydrogen (secondary N) is 1. The Morgan fingerprint density at radius 2 is 2.08 bits per heavy atom. The van der Waals surface area contributed by atoms with Gasteiger partial charge in [-0.15, -0.1) is 11.3 Å². The first-order valence-electron chi connectivity index (χ1n) is 8.70. The predicted molar refractivity (Wildman–Crippen MR) is 111 cm³/mol. The van der Waals surface area contributed by atoms with Crippen molar-refractivity contribution in [2.75, 3.05) is 24.2 Å². The van der Waals surface area contributed by atoms with Crippen molar-refractivity contribution in [1.29, 1.82) is 0 Å². The lowest BCUT2D eigenvalue weighted by Crippen LogP contribution is -2.23. The number of nitrogens with zero attached hydrogens (tertiary/aromatic N) is 2. The number of halogens is 1. The first kappa shape index (κ1) is 18.9. The molecule has 0 bridgehead atoms. The van der Waals surface area contributed by atoms with Gasteiger partial charge in [0.15, 0.2) is 0 Å². The van der Waals surface area contributed by atoms with Crippen LogP contribution in [0.3, 0.4) is 0 Å². The van der Waals surface area contributed by atoms with Crippen LogP contribution in [0.4, 0.5) is 11.8 Å². The largest absolute Gasteiger partial charge is 0.396 e. The SMILES string of the molecule is CCC(CO)C(C)CNc1nc(N)nc(Cl)c1-c1cc2ccccc2s1. The van der Waals surface area contributed by atoms with Crippen LogP contribution in [0.15, 0.2) is 30.3 Å². The molecule has 0 aliphatic heterocycles. The molecule has 138 valence electrons. The van der Waals surface area contributed by atoms with E-state index in [4.69, 9.17) is 17.3 Å². The van der Waals surface area contributed by atoms with Crippen LogP contribution >= 0.6 is 22.9 Å². The van der Waals surface area contributed by atoms with Crippen molar-refractivity contribution >= 4 is 44.8 Å². The van der Waals surface area contributed by atoms with Crippen LogP contribution in [0.2, 0.25) is 5.15 Å². The molecule has 4 N–H and O–H groups in total. The predicted octanol–water partition coefficient (Wildman–Crippen LogP) is 4.66. The van der Waals surface area contributed by atoms with Gasteiger partial charge in [0.25, 0.3) is 0 Å². The van der Waals surface area contributed by atoms with Crippen LogP contribution in [0.25, 0.3) is 20.5 Å². The molecule has 2 aromatic heterocycles. The molecule has 26 heavy (non-hydrogen) atoms. The van der Waals surface area contributed by atoms with Crippen LogP contribution in [-0.2, 0) is 0 Å². The highest BCUT2D eigenvalue weighted by Gasteiger charge is 2.19. The van der Waals surface area contributed by atoms with Gasteiger partial charge in [-0.25, -0.2) is 4.98 Å². The second-order valence-electron chi connectivity index (χ2n) is 6.45. The highest BCUT2D eigenvalue weighted by atomic mass is 35.5. The maximum Gasteiger partial charge on any atom is 0.223 e. The standard InChI is InChI=1S/C19H23ClN4OS/c1-3-12(10-25)11(2)9-22-18-16(17(20)23-19(21)24-18)15-8-13-6-4-5-7-14(13)26-15/h4-8,11-12,25H,3,9-10H2,1-2H3,(H3,21,22,23,24). The van der Waals surface area contributed by atoms with Gasteiger partial charge in [-0.2, -0.15) is 4.98 Å². The first-order chi connectivity index (χ1) is 12.5. The Morgan fingerprint density at radius 3 is 2.77 bits per heavy atom. The lowest BCUT2D eigenvalue weighted by atomic mass is 9.92. The summed E-state index contributed by atoms with van der Waals surface area (Å²) in [5, 5.41) is 14.4. The number of aliphatic hydroxyl groups excluding tert-OH is 1. The Bertz CT molecular complexity index is 861. The van der Waals surface area contributed by atoms with Gasteiger partial charge in [0.2, 0.25) is 5.95 Å². The number of aromatic nitrogens is 2. The summed E-state index contributed by atoms with van der Waals surface area (Å²) >= 11 is 8.07. The van der Waals surface area contributed by atoms with Gasteiger partial charge >= 0.3 is 0 Å². The third-order valence-electron chi connectivity index (χ3n) is 4.71. The van der Waals surface area contributed by atoms with E-state index in [0.717, 1.165) is 22.2 Å². The molecular weight excluding hydrogens is 368 g/mol. The van der Waals surface area contributed by atoms with Gasteiger partial charge < -0.3 is 16.2 Å². The Morgan fingerprint density at radius 1 is 1.31 bits per heavy atom. The van der Waals surface area contributed by atoms with Gasteiger partial charge in [0, 0.05) is 22.7 Å². The van der Waals surface area contributed by atoms with Gasteiger partial charge in [-0.05, 0) is 29.4 Å². The van der Waals surface area contributed by atoms with E-state index < -0.39 is 0 Å². The van der Waals surface area contributed by atoms with Crippen LogP contribution in [-0.4, -0.2) is 28.2 Å². The summed E-state index contributed by atoms with van der Waals surface area (Å²) in [5.41, 5.74) is 6.59. The summed E-state index contributed by atoms with van der Waals surface area (Å²) in [6.45, 7) is 5.04. The first-order valence-corrected chi connectivity index (χ1v) is 9.89. The molecular formula is C19H23ClN4OS. The molecule has 7 heteroatoms. The molecule has 0 aliphatic carbocycles. The summed E-state index contributed by atoms with van der Waals surface area (Å²) in [5.74, 6) is 1.30. The highest BCUT2D eigenvalue weighted by molar-refractivity contribution is 7.22. The second-order valence-corrected chi connectivity index (χ2v) is 7.90. The van der Waals surface area contributed by atoms with E-state index in [-0.39, 0.29) is 24.4 Å². The van der Waals surface area contributed by atoms with Crippen molar-refractivity contribution in [3.63, 3.8) is 0 Å². The number of hydrogen-bond donors (Lipinski definition) is 3. The zero-order chi connectivity index (χ0) is 18.7. The molecule has 2 heterocycles. The van der Waals surface area contributed by atoms with Crippen LogP contribution in [0, 0.1) is 11.8 Å². The van der Waals surface area contributed by atoms with E-state index in [9.17, 15) is 5.11 Å². The number of anilines is 2. The van der Waals surface area contributed by atoms with Crippen molar-refractivity contribution in [2.24, 2.45) is 11.8 Å². The molecule has 1 aromatic carbocycles. The lowest BCUT2D eigenvalue weighted by Gasteiger charge is -2.22. The third kappa shape index (κ3) is 3.92. The molecule has 2 unspecified atom stereocenters. The maximum atomic E-state index is 9.50. The van der Waals surface area contributed by atoms with Crippen molar-refractivity contribution in [1.82, 2.24) is 9.97 Å². The summed E-state index contributed by atoms with van der Waals surface area (Å²) < 4.78 is 1.18. The monoisotopic (exact) mass is 390 g/mol. The van der Waals surface area contributed by atoms with Gasteiger partial charge in [0.1, 0.15) is 11.0 Å². The molecule has 0 spiro atoms. The van der Waals surface area contributed by atoms with Crippen LogP contribution in [0.1, 0.15) is 20.3 Å². The number of rotatable bonds is 7. The molecule has 5 nitrogen and oxygen atoms in total. The van der Waals surface area contributed by atoms with E-state index in [1.165, 1.54) is 4.70 Å². The van der Waals surface area contributed by atoms with Gasteiger partial charge in [-0.3, -0.25) is 0 Å². The number of nitrogen functional groups attached to an aromatic ring is 1. The number of aliphatic hydroxyl groups is 1. The van der Waals surface area contributed by atoms with Crippen molar-refractivity contribution in [2.45, 2.75) is 20.3 Å². The fourth-order valence-corrected chi connectivity index (χ4v) is 4.48. The van der Waals surface area contributed by atoms with Crippen molar-refractivity contribution in [3.05, 3.63) is 35.5 Å². The van der Waals surface area contributed by atoms with Crippen LogP contribution in [0.5, 0.6) is 0 Å². The number of hydrogen-bond acceptors (Lipinski definition) is 6. The number of nitrogens with two attached hydrogens (primary N) is 1. The fraction of sp³-hybridized carbons (Fsp3) is 0.368. The summed E-state index contributed by atoms with van der Waals surface area (Å²) in [7, 11) is 0. The van der Waals surface area contributed by atoms with E-state index in [1.807, 2.05) is 12.1 Å². The minimum Gasteiger partial charge on any atom is -0.396 e. The summed E-state index contributed by atoms with van der Waals surface area (Å²) in [6, 6.07) is 10.3. The number of fused-ring (bicyclic) bond motifs is 1. The lowest BCUT2D eigenvalue weighted by molar-refractivity contribution is 0.183. The Labute approximate surface area is 162 Å². The highest BCUT2D eigenvalue weighted by Crippen LogP contribution is 2.40. The molecule has 0 aliphatic rings. The van der Waals surface area contributed by atoms with E-state index in [0.29, 0.717) is 17.5 Å². The number of benzene rings is 1.